The number of quaternary nitrogens is 1. The van der Waals surface area contributed by atoms with Crippen molar-refractivity contribution in [3.63, 3.8) is 0 Å². The van der Waals surface area contributed by atoms with Gasteiger partial charge in [0.15, 0.2) is 0 Å². The second-order valence-electron chi connectivity index (χ2n) is 5.42. The van der Waals surface area contributed by atoms with E-state index in [1.807, 2.05) is 6.92 Å². The van der Waals surface area contributed by atoms with Crippen molar-refractivity contribution < 1.29 is 9.69 Å². The fourth-order valence-electron chi connectivity index (χ4n) is 2.25. The summed E-state index contributed by atoms with van der Waals surface area (Å²) in [5.74, 6) is 0.0158. The Balaban J connectivity index is 1.85. The summed E-state index contributed by atoms with van der Waals surface area (Å²) in [6, 6.07) is 0.303. The smallest absolute Gasteiger partial charge is 0.229 e. The Hall–Kier alpha value is 0.01000. The van der Waals surface area contributed by atoms with Crippen LogP contribution in [0.25, 0.3) is 0 Å². The van der Waals surface area contributed by atoms with Crippen LogP contribution in [0.2, 0.25) is 0 Å². The largest absolute Gasteiger partial charge is 0.352 e. The van der Waals surface area contributed by atoms with Crippen LogP contribution < -0.4 is 10.2 Å². The molecule has 0 spiro atoms. The van der Waals surface area contributed by atoms with Crippen LogP contribution >= 0.6 is 23.2 Å². The van der Waals surface area contributed by atoms with E-state index in [1.165, 1.54) is 4.90 Å². The van der Waals surface area contributed by atoms with E-state index in [9.17, 15) is 4.79 Å². The lowest BCUT2D eigenvalue weighted by atomic mass is 10.0. The summed E-state index contributed by atoms with van der Waals surface area (Å²) in [5, 5.41) is 3.08. The normalized spacial score (nSPS) is 41.5. The van der Waals surface area contributed by atoms with Gasteiger partial charge >= 0.3 is 0 Å². The SMILES string of the molecule is C[NH+]1CCC(NC(=O)[C@]2(C)CC2(Cl)Cl)CC1. The number of piperidine rings is 1. The molecule has 0 bridgehead atoms. The predicted molar refractivity (Wildman–Crippen MR) is 64.9 cm³/mol. The van der Waals surface area contributed by atoms with Crippen LogP contribution in [0.15, 0.2) is 0 Å². The molecule has 0 aromatic rings. The van der Waals surface area contributed by atoms with Crippen molar-refractivity contribution in [2.75, 3.05) is 20.1 Å². The van der Waals surface area contributed by atoms with Crippen LogP contribution in [0.1, 0.15) is 26.2 Å². The fraction of sp³-hybridized carbons (Fsp3) is 0.909. The molecule has 2 fully saturated rings. The maximum atomic E-state index is 12.0. The summed E-state index contributed by atoms with van der Waals surface area (Å²) in [4.78, 5) is 13.5. The molecule has 5 heteroatoms. The number of rotatable bonds is 2. The number of carbonyl (C=O) groups excluding carboxylic acids is 1. The van der Waals surface area contributed by atoms with Gasteiger partial charge in [0.25, 0.3) is 0 Å². The third-order valence-electron chi connectivity index (χ3n) is 3.93. The zero-order chi connectivity index (χ0) is 12.0. The molecule has 3 nitrogen and oxygen atoms in total. The second-order valence-corrected chi connectivity index (χ2v) is 6.90. The van der Waals surface area contributed by atoms with Gasteiger partial charge in [-0.1, -0.05) is 0 Å². The van der Waals surface area contributed by atoms with Crippen molar-refractivity contribution in [3.05, 3.63) is 0 Å². The number of nitrogens with one attached hydrogen (secondary N) is 2. The highest BCUT2D eigenvalue weighted by Gasteiger charge is 2.68. The van der Waals surface area contributed by atoms with E-state index in [0.717, 1.165) is 25.9 Å². The quantitative estimate of drug-likeness (QED) is 0.695. The van der Waals surface area contributed by atoms with Crippen LogP contribution in [0.4, 0.5) is 0 Å². The molecular formula is C11H19Cl2N2O+. The van der Waals surface area contributed by atoms with Crippen molar-refractivity contribution >= 4 is 29.1 Å². The summed E-state index contributed by atoms with van der Waals surface area (Å²) >= 11 is 12.0. The van der Waals surface area contributed by atoms with Crippen molar-refractivity contribution in [3.8, 4) is 0 Å². The summed E-state index contributed by atoms with van der Waals surface area (Å²) in [6.07, 6.45) is 2.66. The molecule has 1 saturated carbocycles. The van der Waals surface area contributed by atoms with Gasteiger partial charge in [-0.3, -0.25) is 4.79 Å². The first-order valence-electron chi connectivity index (χ1n) is 5.85. The van der Waals surface area contributed by atoms with Crippen molar-refractivity contribution in [2.24, 2.45) is 5.41 Å². The molecule has 0 aromatic heterocycles. The summed E-state index contributed by atoms with van der Waals surface area (Å²) < 4.78 is -0.853. The Morgan fingerprint density at radius 3 is 2.31 bits per heavy atom. The van der Waals surface area contributed by atoms with Gasteiger partial charge in [0, 0.05) is 18.9 Å². The molecule has 1 aliphatic heterocycles. The molecule has 1 amide bonds. The summed E-state index contributed by atoms with van der Waals surface area (Å²) in [7, 11) is 2.18. The molecule has 0 radical (unpaired) electrons. The van der Waals surface area contributed by atoms with Crippen molar-refractivity contribution in [1.82, 2.24) is 5.32 Å². The number of halogens is 2. The first-order chi connectivity index (χ1) is 7.35. The van der Waals surface area contributed by atoms with E-state index >= 15 is 0 Å². The average molecular weight is 266 g/mol. The minimum absolute atomic E-state index is 0.0158. The highest BCUT2D eigenvalue weighted by molar-refractivity contribution is 6.53. The highest BCUT2D eigenvalue weighted by Crippen LogP contribution is 2.63. The lowest BCUT2D eigenvalue weighted by molar-refractivity contribution is -0.884. The lowest BCUT2D eigenvalue weighted by Crippen LogP contribution is -3.10. The van der Waals surface area contributed by atoms with Gasteiger partial charge in [0.05, 0.1) is 25.6 Å². The molecule has 1 saturated heterocycles. The van der Waals surface area contributed by atoms with E-state index in [4.69, 9.17) is 23.2 Å². The Labute approximate surface area is 106 Å². The Morgan fingerprint density at radius 2 is 1.88 bits per heavy atom. The van der Waals surface area contributed by atoms with Crippen LogP contribution in [-0.2, 0) is 4.79 Å². The fourth-order valence-corrected chi connectivity index (χ4v) is 2.95. The first-order valence-corrected chi connectivity index (χ1v) is 6.61. The lowest BCUT2D eigenvalue weighted by Gasteiger charge is -2.28. The van der Waals surface area contributed by atoms with Gasteiger partial charge in [0.2, 0.25) is 5.91 Å². The number of alkyl halides is 2. The molecule has 1 heterocycles. The topological polar surface area (TPSA) is 33.5 Å². The van der Waals surface area contributed by atoms with Gasteiger partial charge in [0.1, 0.15) is 4.33 Å². The number of likely N-dealkylation sites (tertiary alicyclic amines) is 1. The third kappa shape index (κ3) is 2.18. The maximum absolute atomic E-state index is 12.0. The van der Waals surface area contributed by atoms with E-state index in [1.54, 1.807) is 0 Å². The van der Waals surface area contributed by atoms with Crippen molar-refractivity contribution in [2.45, 2.75) is 36.6 Å². The molecule has 2 aliphatic rings. The molecule has 0 unspecified atom stereocenters. The van der Waals surface area contributed by atoms with E-state index in [2.05, 4.69) is 12.4 Å². The molecule has 1 atom stereocenters. The Bertz CT molecular complexity index is 300. The van der Waals surface area contributed by atoms with Crippen LogP contribution in [0.3, 0.4) is 0 Å². The first kappa shape index (κ1) is 12.5. The molecule has 2 N–H and O–H groups in total. The van der Waals surface area contributed by atoms with Crippen LogP contribution in [0, 0.1) is 5.41 Å². The molecule has 0 aromatic carbocycles. The maximum Gasteiger partial charge on any atom is 0.229 e. The molecule has 16 heavy (non-hydrogen) atoms. The van der Waals surface area contributed by atoms with Crippen molar-refractivity contribution in [1.29, 1.82) is 0 Å². The van der Waals surface area contributed by atoms with Gasteiger partial charge in [-0.15, -0.1) is 23.2 Å². The van der Waals surface area contributed by atoms with E-state index < -0.39 is 9.75 Å². The standard InChI is InChI=1S/C11H18Cl2N2O/c1-10(7-11(10,12)13)9(16)14-8-3-5-15(2)6-4-8/h8H,3-7H2,1-2H3,(H,14,16)/p+1/t10-/m0/s1. The minimum Gasteiger partial charge on any atom is -0.352 e. The van der Waals surface area contributed by atoms with Gasteiger partial charge in [-0.05, 0) is 13.3 Å². The predicted octanol–water partition coefficient (Wildman–Crippen LogP) is 0.364. The van der Waals surface area contributed by atoms with E-state index in [-0.39, 0.29) is 5.91 Å². The highest BCUT2D eigenvalue weighted by atomic mass is 35.5. The number of hydrogen-bond donors (Lipinski definition) is 2. The number of carbonyl (C=O) groups is 1. The molecule has 2 rings (SSSR count). The van der Waals surface area contributed by atoms with E-state index in [0.29, 0.717) is 12.5 Å². The molecule has 1 aliphatic carbocycles. The number of amides is 1. The van der Waals surface area contributed by atoms with Gasteiger partial charge in [-0.2, -0.15) is 0 Å². The zero-order valence-electron chi connectivity index (χ0n) is 9.78. The second kappa shape index (κ2) is 4.04. The monoisotopic (exact) mass is 265 g/mol. The third-order valence-corrected chi connectivity index (χ3v) is 5.03. The molecular weight excluding hydrogens is 247 g/mol. The van der Waals surface area contributed by atoms with Crippen LogP contribution in [0.5, 0.6) is 0 Å². The van der Waals surface area contributed by atoms with Gasteiger partial charge in [-0.25, -0.2) is 0 Å². The Kier molecular flexibility index (Phi) is 3.15. The summed E-state index contributed by atoms with van der Waals surface area (Å²) in [6.45, 7) is 4.08. The minimum atomic E-state index is -0.853. The number of hydrogen-bond acceptors (Lipinski definition) is 1. The Morgan fingerprint density at radius 1 is 1.38 bits per heavy atom. The summed E-state index contributed by atoms with van der Waals surface area (Å²) in [5.41, 5.74) is -0.577. The average Bonchev–Trinajstić information content (AvgIpc) is 2.71. The van der Waals surface area contributed by atoms with Gasteiger partial charge < -0.3 is 10.2 Å². The molecule has 92 valence electrons. The van der Waals surface area contributed by atoms with Crippen LogP contribution in [-0.4, -0.2) is 36.4 Å². The zero-order valence-corrected chi connectivity index (χ0v) is 11.3.